The zero-order valence-corrected chi connectivity index (χ0v) is 13.4. The largest absolute Gasteiger partial charge is 0.506 e. The second kappa shape index (κ2) is 7.51. The first-order chi connectivity index (χ1) is 10.5. The van der Waals surface area contributed by atoms with E-state index in [4.69, 9.17) is 0 Å². The number of benzene rings is 1. The fraction of sp³-hybridized carbons (Fsp3) is 0.267. The van der Waals surface area contributed by atoms with E-state index in [1.807, 2.05) is 6.92 Å². The number of hydrogen-bond acceptors (Lipinski definition) is 4. The van der Waals surface area contributed by atoms with Crippen LogP contribution in [0.15, 0.2) is 34.8 Å². The number of ether oxygens (including phenoxy) is 1. The molecule has 22 heavy (non-hydrogen) atoms. The van der Waals surface area contributed by atoms with Crippen LogP contribution >= 0.6 is 15.9 Å². The van der Waals surface area contributed by atoms with E-state index in [0.717, 1.165) is 10.2 Å². The van der Waals surface area contributed by atoms with Crippen molar-refractivity contribution in [3.8, 4) is 11.5 Å². The summed E-state index contributed by atoms with van der Waals surface area (Å²) < 4.78 is 30.0. The number of aromatic hydroxyl groups is 1. The zero-order chi connectivity index (χ0) is 16.1. The molecule has 0 aliphatic heterocycles. The summed E-state index contributed by atoms with van der Waals surface area (Å²) in [6.07, 6.45) is 0. The lowest BCUT2D eigenvalue weighted by Gasteiger charge is -2.12. The number of nitrogens with one attached hydrogen (secondary N) is 1. The highest BCUT2D eigenvalue weighted by Crippen LogP contribution is 2.25. The lowest BCUT2D eigenvalue weighted by Crippen LogP contribution is -2.15. The van der Waals surface area contributed by atoms with Gasteiger partial charge in [-0.15, -0.1) is 0 Å². The number of aryl methyl sites for hydroxylation is 1. The van der Waals surface area contributed by atoms with Crippen LogP contribution in [0.5, 0.6) is 11.5 Å². The van der Waals surface area contributed by atoms with Crippen molar-refractivity contribution in [3.05, 3.63) is 51.8 Å². The van der Waals surface area contributed by atoms with Gasteiger partial charge in [-0.05, 0) is 37.3 Å². The van der Waals surface area contributed by atoms with Crippen molar-refractivity contribution in [3.63, 3.8) is 0 Å². The van der Waals surface area contributed by atoms with E-state index in [1.165, 1.54) is 6.07 Å². The van der Waals surface area contributed by atoms with Gasteiger partial charge < -0.3 is 15.2 Å². The quantitative estimate of drug-likeness (QED) is 0.810. The first-order valence-electron chi connectivity index (χ1n) is 6.55. The molecule has 2 N–H and O–H groups in total. The van der Waals surface area contributed by atoms with Gasteiger partial charge in [0.2, 0.25) is 0 Å². The smallest absolute Gasteiger partial charge is 0.387 e. The Hall–Kier alpha value is -1.73. The maximum Gasteiger partial charge on any atom is 0.387 e. The van der Waals surface area contributed by atoms with Gasteiger partial charge in [-0.2, -0.15) is 8.78 Å². The van der Waals surface area contributed by atoms with Crippen LogP contribution in [0.25, 0.3) is 0 Å². The molecule has 0 atom stereocenters. The average molecular weight is 373 g/mol. The third kappa shape index (κ3) is 4.64. The van der Waals surface area contributed by atoms with E-state index in [2.05, 4.69) is 31.0 Å². The van der Waals surface area contributed by atoms with Crippen LogP contribution in [-0.2, 0) is 13.1 Å². The van der Waals surface area contributed by atoms with E-state index >= 15 is 0 Å². The standard InChI is InChI=1S/C15H15BrF2N2O2/c1-9-2-4-13(21)12(20-9)8-19-7-10-6-11(16)3-5-14(10)22-15(17)18/h2-6,15,19,21H,7-8H2,1H3. The Bertz CT molecular complexity index is 653. The predicted octanol–water partition coefficient (Wildman–Crippen LogP) is 3.75. The van der Waals surface area contributed by atoms with Crippen LogP contribution in [-0.4, -0.2) is 16.7 Å². The number of alkyl halides is 2. The van der Waals surface area contributed by atoms with Crippen LogP contribution in [0.4, 0.5) is 8.78 Å². The Balaban J connectivity index is 2.04. The second-order valence-electron chi connectivity index (χ2n) is 4.65. The van der Waals surface area contributed by atoms with Crippen LogP contribution in [0, 0.1) is 6.92 Å². The molecule has 4 nitrogen and oxygen atoms in total. The van der Waals surface area contributed by atoms with E-state index in [0.29, 0.717) is 24.3 Å². The Morgan fingerprint density at radius 1 is 1.27 bits per heavy atom. The number of rotatable bonds is 6. The van der Waals surface area contributed by atoms with Crippen molar-refractivity contribution in [2.24, 2.45) is 0 Å². The van der Waals surface area contributed by atoms with Gasteiger partial charge in [0.05, 0.1) is 5.69 Å². The van der Waals surface area contributed by atoms with Crippen molar-refractivity contribution in [1.82, 2.24) is 10.3 Å². The molecule has 0 unspecified atom stereocenters. The second-order valence-corrected chi connectivity index (χ2v) is 5.57. The topological polar surface area (TPSA) is 54.4 Å². The first kappa shape index (κ1) is 16.6. The van der Waals surface area contributed by atoms with Crippen molar-refractivity contribution in [1.29, 1.82) is 0 Å². The molecule has 2 aromatic rings. The van der Waals surface area contributed by atoms with Gasteiger partial charge >= 0.3 is 6.61 Å². The number of hydrogen-bond donors (Lipinski definition) is 2. The third-order valence-electron chi connectivity index (χ3n) is 2.94. The van der Waals surface area contributed by atoms with Gasteiger partial charge in [-0.3, -0.25) is 4.98 Å². The molecular formula is C15H15BrF2N2O2. The highest BCUT2D eigenvalue weighted by Gasteiger charge is 2.10. The molecule has 1 aromatic carbocycles. The Labute approximate surface area is 135 Å². The minimum Gasteiger partial charge on any atom is -0.506 e. The van der Waals surface area contributed by atoms with E-state index < -0.39 is 6.61 Å². The molecule has 0 aliphatic carbocycles. The summed E-state index contributed by atoms with van der Waals surface area (Å²) in [5.74, 6) is 0.212. The molecule has 0 aliphatic rings. The van der Waals surface area contributed by atoms with E-state index in [1.54, 1.807) is 24.3 Å². The number of pyridine rings is 1. The molecule has 0 amide bonds. The van der Waals surface area contributed by atoms with Gasteiger partial charge in [0.15, 0.2) is 0 Å². The molecule has 0 saturated heterocycles. The summed E-state index contributed by atoms with van der Waals surface area (Å²) in [6, 6.07) is 8.10. The molecule has 7 heteroatoms. The van der Waals surface area contributed by atoms with Crippen molar-refractivity contribution in [2.75, 3.05) is 0 Å². The Morgan fingerprint density at radius 3 is 2.77 bits per heavy atom. The monoisotopic (exact) mass is 372 g/mol. The fourth-order valence-corrected chi connectivity index (χ4v) is 2.35. The SMILES string of the molecule is Cc1ccc(O)c(CNCc2cc(Br)ccc2OC(F)F)n1. The Morgan fingerprint density at radius 2 is 2.05 bits per heavy atom. The highest BCUT2D eigenvalue weighted by atomic mass is 79.9. The number of aromatic nitrogens is 1. The van der Waals surface area contributed by atoms with Crippen molar-refractivity contribution < 1.29 is 18.6 Å². The van der Waals surface area contributed by atoms with Crippen LogP contribution in [0.2, 0.25) is 0 Å². The minimum absolute atomic E-state index is 0.0939. The molecule has 0 saturated carbocycles. The molecule has 0 spiro atoms. The molecule has 0 fully saturated rings. The molecule has 1 aromatic heterocycles. The maximum atomic E-state index is 12.4. The summed E-state index contributed by atoms with van der Waals surface area (Å²) in [5, 5.41) is 12.8. The minimum atomic E-state index is -2.87. The molecular weight excluding hydrogens is 358 g/mol. The van der Waals surface area contributed by atoms with Crippen molar-refractivity contribution >= 4 is 15.9 Å². The average Bonchev–Trinajstić information content (AvgIpc) is 2.45. The van der Waals surface area contributed by atoms with Gasteiger partial charge in [0.1, 0.15) is 11.5 Å². The third-order valence-corrected chi connectivity index (χ3v) is 3.43. The molecule has 118 valence electrons. The summed E-state index contributed by atoms with van der Waals surface area (Å²) in [6.45, 7) is -0.432. The first-order valence-corrected chi connectivity index (χ1v) is 7.34. The fourth-order valence-electron chi connectivity index (χ4n) is 1.95. The summed E-state index contributed by atoms with van der Waals surface area (Å²) >= 11 is 3.30. The molecule has 0 bridgehead atoms. The number of halogens is 3. The van der Waals surface area contributed by atoms with Gasteiger partial charge in [-0.25, -0.2) is 0 Å². The Kier molecular flexibility index (Phi) is 5.68. The van der Waals surface area contributed by atoms with Crippen LogP contribution < -0.4 is 10.1 Å². The van der Waals surface area contributed by atoms with Crippen LogP contribution in [0.3, 0.4) is 0 Å². The molecule has 2 rings (SSSR count). The van der Waals surface area contributed by atoms with Crippen LogP contribution in [0.1, 0.15) is 17.0 Å². The van der Waals surface area contributed by atoms with E-state index in [9.17, 15) is 13.9 Å². The zero-order valence-electron chi connectivity index (χ0n) is 11.8. The summed E-state index contributed by atoms with van der Waals surface area (Å²) in [4.78, 5) is 4.22. The summed E-state index contributed by atoms with van der Waals surface area (Å²) in [5.41, 5.74) is 1.88. The van der Waals surface area contributed by atoms with Gasteiger partial charge in [0.25, 0.3) is 0 Å². The lowest BCUT2D eigenvalue weighted by atomic mass is 10.2. The maximum absolute atomic E-state index is 12.4. The van der Waals surface area contributed by atoms with E-state index in [-0.39, 0.29) is 11.5 Å². The lowest BCUT2D eigenvalue weighted by molar-refractivity contribution is -0.0505. The summed E-state index contributed by atoms with van der Waals surface area (Å²) in [7, 11) is 0. The van der Waals surface area contributed by atoms with Crippen molar-refractivity contribution in [2.45, 2.75) is 26.6 Å². The van der Waals surface area contributed by atoms with Gasteiger partial charge in [-0.1, -0.05) is 15.9 Å². The molecule has 1 heterocycles. The normalized spacial score (nSPS) is 11.0. The molecule has 0 radical (unpaired) electrons. The highest BCUT2D eigenvalue weighted by molar-refractivity contribution is 9.10. The number of nitrogens with zero attached hydrogens (tertiary/aromatic N) is 1. The van der Waals surface area contributed by atoms with Gasteiger partial charge in [0, 0.05) is 28.8 Å². The predicted molar refractivity (Wildman–Crippen MR) is 82.0 cm³/mol.